The van der Waals surface area contributed by atoms with E-state index in [0.29, 0.717) is 21.7 Å². The van der Waals surface area contributed by atoms with Crippen molar-refractivity contribution in [3.05, 3.63) is 23.8 Å². The molecule has 0 amide bonds. The molecule has 0 aromatic carbocycles. The molecule has 2 N–H and O–H groups in total. The molecule has 0 radical (unpaired) electrons. The van der Waals surface area contributed by atoms with Gasteiger partial charge < -0.3 is 10.5 Å². The number of aryl methyl sites for hydroxylation is 2. The zero-order chi connectivity index (χ0) is 14.7. The summed E-state index contributed by atoms with van der Waals surface area (Å²) < 4.78 is 5.54. The first-order valence-electron chi connectivity index (χ1n) is 6.23. The summed E-state index contributed by atoms with van der Waals surface area (Å²) in [5, 5.41) is 1.21. The Labute approximate surface area is 122 Å². The van der Waals surface area contributed by atoms with Crippen LogP contribution in [0.5, 0.6) is 5.88 Å². The fraction of sp³-hybridized carbons (Fsp3) is 0.385. The third kappa shape index (κ3) is 3.57. The van der Waals surface area contributed by atoms with E-state index in [1.54, 1.807) is 0 Å². The lowest BCUT2D eigenvalue weighted by molar-refractivity contribution is 0.233. The molecule has 2 heterocycles. The predicted molar refractivity (Wildman–Crippen MR) is 77.8 cm³/mol. The van der Waals surface area contributed by atoms with Gasteiger partial charge >= 0.3 is 0 Å². The Balaban J connectivity index is 2.29. The molecule has 0 spiro atoms. The van der Waals surface area contributed by atoms with Crippen LogP contribution in [0.1, 0.15) is 25.2 Å². The molecule has 0 aliphatic carbocycles. The highest BCUT2D eigenvalue weighted by Crippen LogP contribution is 2.32. The molecule has 7 heteroatoms. The SMILES string of the molecule is Cc1cc(C)nc(Sc2ncnc(OC(C)C)c2N)n1. The first kappa shape index (κ1) is 14.5. The molecule has 0 bridgehead atoms. The topological polar surface area (TPSA) is 86.8 Å². The fourth-order valence-corrected chi connectivity index (χ4v) is 2.44. The van der Waals surface area contributed by atoms with Gasteiger partial charge in [-0.1, -0.05) is 0 Å². The lowest BCUT2D eigenvalue weighted by Crippen LogP contribution is -2.10. The number of nitrogens with two attached hydrogens (primary N) is 1. The molecule has 0 fully saturated rings. The summed E-state index contributed by atoms with van der Waals surface area (Å²) in [7, 11) is 0. The van der Waals surface area contributed by atoms with Gasteiger partial charge in [-0.25, -0.2) is 15.0 Å². The van der Waals surface area contributed by atoms with Crippen LogP contribution < -0.4 is 10.5 Å². The molecule has 0 atom stereocenters. The third-order valence-corrected chi connectivity index (χ3v) is 3.19. The lowest BCUT2D eigenvalue weighted by Gasteiger charge is -2.12. The molecule has 2 aromatic rings. The highest BCUT2D eigenvalue weighted by atomic mass is 32.2. The summed E-state index contributed by atoms with van der Waals surface area (Å²) in [6, 6.07) is 1.92. The van der Waals surface area contributed by atoms with E-state index in [9.17, 15) is 0 Å². The number of nitrogen functional groups attached to an aromatic ring is 1. The Hall–Kier alpha value is -1.89. The van der Waals surface area contributed by atoms with Crippen molar-refractivity contribution in [1.29, 1.82) is 0 Å². The smallest absolute Gasteiger partial charge is 0.241 e. The van der Waals surface area contributed by atoms with Gasteiger partial charge in [-0.15, -0.1) is 0 Å². The van der Waals surface area contributed by atoms with Crippen LogP contribution in [0, 0.1) is 13.8 Å². The summed E-state index contributed by atoms with van der Waals surface area (Å²) in [5.74, 6) is 0.391. The van der Waals surface area contributed by atoms with E-state index in [0.717, 1.165) is 11.4 Å². The zero-order valence-electron chi connectivity index (χ0n) is 11.9. The van der Waals surface area contributed by atoms with Crippen LogP contribution in [-0.4, -0.2) is 26.0 Å². The standard InChI is InChI=1S/C13H17N5OS/c1-7(2)19-11-10(14)12(16-6-15-11)20-13-17-8(3)5-9(4)18-13/h5-7H,14H2,1-4H3. The Morgan fingerprint density at radius 1 is 1.15 bits per heavy atom. The second-order valence-electron chi connectivity index (χ2n) is 4.60. The Morgan fingerprint density at radius 2 is 1.80 bits per heavy atom. The maximum Gasteiger partial charge on any atom is 0.241 e. The maximum atomic E-state index is 6.03. The molecule has 2 rings (SSSR count). The lowest BCUT2D eigenvalue weighted by atomic mass is 10.4. The maximum absolute atomic E-state index is 6.03. The molecule has 6 nitrogen and oxygen atoms in total. The molecule has 0 aliphatic heterocycles. The van der Waals surface area contributed by atoms with Crippen LogP contribution in [0.2, 0.25) is 0 Å². The molecule has 0 aliphatic rings. The van der Waals surface area contributed by atoms with E-state index in [-0.39, 0.29) is 6.10 Å². The van der Waals surface area contributed by atoms with Crippen molar-refractivity contribution >= 4 is 17.4 Å². The summed E-state index contributed by atoms with van der Waals surface area (Å²) in [5.41, 5.74) is 8.26. The number of hydrogen-bond acceptors (Lipinski definition) is 7. The number of rotatable bonds is 4. The van der Waals surface area contributed by atoms with Crippen molar-refractivity contribution in [2.75, 3.05) is 5.73 Å². The minimum atomic E-state index is 0.00233. The van der Waals surface area contributed by atoms with Crippen LogP contribution in [0.15, 0.2) is 22.6 Å². The van der Waals surface area contributed by atoms with E-state index in [1.807, 2.05) is 33.8 Å². The minimum absolute atomic E-state index is 0.00233. The van der Waals surface area contributed by atoms with Crippen molar-refractivity contribution in [2.24, 2.45) is 0 Å². The second-order valence-corrected chi connectivity index (χ2v) is 5.56. The highest BCUT2D eigenvalue weighted by molar-refractivity contribution is 7.99. The minimum Gasteiger partial charge on any atom is -0.473 e. The number of anilines is 1. The van der Waals surface area contributed by atoms with E-state index in [1.165, 1.54) is 18.1 Å². The highest BCUT2D eigenvalue weighted by Gasteiger charge is 2.13. The molecule has 0 saturated carbocycles. The van der Waals surface area contributed by atoms with E-state index in [4.69, 9.17) is 10.5 Å². The first-order valence-corrected chi connectivity index (χ1v) is 7.04. The molecular formula is C13H17N5OS. The quantitative estimate of drug-likeness (QED) is 0.683. The average Bonchev–Trinajstić information content (AvgIpc) is 2.32. The predicted octanol–water partition coefficient (Wildman–Crippen LogP) is 2.40. The number of hydrogen-bond donors (Lipinski definition) is 1. The van der Waals surface area contributed by atoms with Gasteiger partial charge in [-0.3, -0.25) is 0 Å². The summed E-state index contributed by atoms with van der Waals surface area (Å²) in [6.07, 6.45) is 1.43. The van der Waals surface area contributed by atoms with Gasteiger partial charge in [0.25, 0.3) is 0 Å². The number of nitrogens with zero attached hydrogens (tertiary/aromatic N) is 4. The van der Waals surface area contributed by atoms with Gasteiger partial charge in [-0.2, -0.15) is 4.98 Å². The number of aromatic nitrogens is 4. The van der Waals surface area contributed by atoms with Gasteiger partial charge in [-0.05, 0) is 45.5 Å². The van der Waals surface area contributed by atoms with E-state index < -0.39 is 0 Å². The average molecular weight is 291 g/mol. The Morgan fingerprint density at radius 3 is 2.40 bits per heavy atom. The molecule has 20 heavy (non-hydrogen) atoms. The van der Waals surface area contributed by atoms with Crippen molar-refractivity contribution in [3.63, 3.8) is 0 Å². The van der Waals surface area contributed by atoms with Gasteiger partial charge in [0.05, 0.1) is 6.10 Å². The number of ether oxygens (including phenoxy) is 1. The molecule has 0 unspecified atom stereocenters. The molecule has 2 aromatic heterocycles. The Kier molecular flexibility index (Phi) is 4.39. The summed E-state index contributed by atoms with van der Waals surface area (Å²) in [6.45, 7) is 7.69. The van der Waals surface area contributed by atoms with Crippen LogP contribution in [0.25, 0.3) is 0 Å². The van der Waals surface area contributed by atoms with Gasteiger partial charge in [0.15, 0.2) is 5.16 Å². The van der Waals surface area contributed by atoms with Crippen LogP contribution in [0.3, 0.4) is 0 Å². The van der Waals surface area contributed by atoms with Crippen LogP contribution >= 0.6 is 11.8 Å². The van der Waals surface area contributed by atoms with Gasteiger partial charge in [0, 0.05) is 11.4 Å². The Bertz CT molecular complexity index is 597. The van der Waals surface area contributed by atoms with E-state index in [2.05, 4.69) is 19.9 Å². The largest absolute Gasteiger partial charge is 0.473 e. The van der Waals surface area contributed by atoms with Crippen LogP contribution in [-0.2, 0) is 0 Å². The first-order chi connectivity index (χ1) is 9.45. The second kappa shape index (κ2) is 6.04. The fourth-order valence-electron chi connectivity index (χ4n) is 1.59. The van der Waals surface area contributed by atoms with E-state index >= 15 is 0 Å². The van der Waals surface area contributed by atoms with Gasteiger partial charge in [0.1, 0.15) is 17.0 Å². The third-order valence-electron chi connectivity index (χ3n) is 2.31. The van der Waals surface area contributed by atoms with Crippen molar-refractivity contribution in [1.82, 2.24) is 19.9 Å². The van der Waals surface area contributed by atoms with Crippen LogP contribution in [0.4, 0.5) is 5.69 Å². The molecule has 106 valence electrons. The summed E-state index contributed by atoms with van der Waals surface area (Å²) >= 11 is 1.31. The normalized spacial score (nSPS) is 10.8. The van der Waals surface area contributed by atoms with Gasteiger partial charge in [0.2, 0.25) is 5.88 Å². The van der Waals surface area contributed by atoms with Crippen molar-refractivity contribution < 1.29 is 4.74 Å². The van der Waals surface area contributed by atoms with Crippen molar-refractivity contribution in [3.8, 4) is 5.88 Å². The zero-order valence-corrected chi connectivity index (χ0v) is 12.7. The molecule has 0 saturated heterocycles. The summed E-state index contributed by atoms with van der Waals surface area (Å²) in [4.78, 5) is 16.9. The van der Waals surface area contributed by atoms with Crippen molar-refractivity contribution in [2.45, 2.75) is 44.0 Å². The monoisotopic (exact) mass is 291 g/mol. The molecular weight excluding hydrogens is 274 g/mol.